The Bertz CT molecular complexity index is 658. The Kier molecular flexibility index (Phi) is 3.95. The molecule has 1 fully saturated rings. The first-order chi connectivity index (χ1) is 10.3. The predicted octanol–water partition coefficient (Wildman–Crippen LogP) is 2.18. The van der Waals surface area contributed by atoms with Crippen LogP contribution < -0.4 is 5.73 Å². The van der Waals surface area contributed by atoms with Gasteiger partial charge in [-0.15, -0.1) is 0 Å². The van der Waals surface area contributed by atoms with E-state index in [-0.39, 0.29) is 0 Å². The third-order valence-corrected chi connectivity index (χ3v) is 3.58. The zero-order chi connectivity index (χ0) is 14.7. The highest BCUT2D eigenvalue weighted by Gasteiger charge is 2.21. The quantitative estimate of drug-likeness (QED) is 0.903. The Morgan fingerprint density at radius 1 is 1.48 bits per heavy atom. The zero-order valence-corrected chi connectivity index (χ0v) is 11.5. The number of rotatable bonds is 5. The number of nitrogens with two attached hydrogens (primary N) is 1. The number of nitriles is 1. The first kappa shape index (κ1) is 13.7. The third kappa shape index (κ3) is 3.10. The van der Waals surface area contributed by atoms with E-state index >= 15 is 0 Å². The highest BCUT2D eigenvalue weighted by Crippen LogP contribution is 2.24. The monoisotopic (exact) mass is 284 g/mol. The molecule has 0 spiro atoms. The van der Waals surface area contributed by atoms with Crippen molar-refractivity contribution in [3.8, 4) is 17.5 Å². The first-order valence-corrected chi connectivity index (χ1v) is 6.97. The van der Waals surface area contributed by atoms with Gasteiger partial charge in [-0.1, -0.05) is 11.2 Å². The summed E-state index contributed by atoms with van der Waals surface area (Å²) in [5.74, 6) is 0.785. The van der Waals surface area contributed by atoms with Gasteiger partial charge in [0.1, 0.15) is 0 Å². The van der Waals surface area contributed by atoms with Gasteiger partial charge in [0, 0.05) is 5.56 Å². The van der Waals surface area contributed by atoms with Crippen LogP contribution in [0.4, 0.5) is 0 Å². The van der Waals surface area contributed by atoms with Crippen molar-refractivity contribution in [2.45, 2.75) is 31.4 Å². The van der Waals surface area contributed by atoms with Gasteiger partial charge >= 0.3 is 0 Å². The lowest BCUT2D eigenvalue weighted by atomic mass is 9.96. The van der Waals surface area contributed by atoms with Crippen LogP contribution in [0.3, 0.4) is 0 Å². The van der Waals surface area contributed by atoms with E-state index in [1.54, 1.807) is 18.2 Å². The standard InChI is InChI=1S/C15H16N4O2/c16-8-10-3-1-4-11(7-10)15-18-14(19-21-15)13(17)9-20-12-5-2-6-12/h1,3-4,7,12-13H,2,5-6,9,17H2. The summed E-state index contributed by atoms with van der Waals surface area (Å²) in [7, 11) is 0. The summed E-state index contributed by atoms with van der Waals surface area (Å²) in [6, 6.07) is 8.69. The number of aromatic nitrogens is 2. The van der Waals surface area contributed by atoms with Crippen LogP contribution in [-0.4, -0.2) is 22.9 Å². The SMILES string of the molecule is N#Cc1cccc(-c2nc(C(N)COC3CCC3)no2)c1. The Hall–Kier alpha value is -2.23. The van der Waals surface area contributed by atoms with Gasteiger partial charge in [-0.3, -0.25) is 0 Å². The van der Waals surface area contributed by atoms with Crippen LogP contribution in [-0.2, 0) is 4.74 Å². The highest BCUT2D eigenvalue weighted by atomic mass is 16.5. The maximum absolute atomic E-state index is 8.90. The molecule has 1 atom stereocenters. The van der Waals surface area contributed by atoms with Crippen molar-refractivity contribution in [1.29, 1.82) is 5.26 Å². The van der Waals surface area contributed by atoms with Gasteiger partial charge in [0.25, 0.3) is 5.89 Å². The molecule has 3 rings (SSSR count). The Morgan fingerprint density at radius 3 is 3.05 bits per heavy atom. The van der Waals surface area contributed by atoms with Crippen molar-refractivity contribution >= 4 is 0 Å². The molecule has 1 aliphatic carbocycles. The summed E-state index contributed by atoms with van der Waals surface area (Å²) < 4.78 is 10.9. The van der Waals surface area contributed by atoms with Gasteiger partial charge in [-0.05, 0) is 37.5 Å². The van der Waals surface area contributed by atoms with Crippen molar-refractivity contribution in [2.75, 3.05) is 6.61 Å². The van der Waals surface area contributed by atoms with E-state index in [9.17, 15) is 0 Å². The molecular weight excluding hydrogens is 268 g/mol. The van der Waals surface area contributed by atoms with E-state index in [4.69, 9.17) is 20.3 Å². The van der Waals surface area contributed by atoms with Crippen molar-refractivity contribution in [1.82, 2.24) is 10.1 Å². The maximum Gasteiger partial charge on any atom is 0.258 e. The van der Waals surface area contributed by atoms with Crippen LogP contribution in [0.15, 0.2) is 28.8 Å². The van der Waals surface area contributed by atoms with E-state index in [0.717, 1.165) is 12.8 Å². The van der Waals surface area contributed by atoms with E-state index in [0.29, 0.717) is 35.6 Å². The number of benzene rings is 1. The van der Waals surface area contributed by atoms with Crippen LogP contribution >= 0.6 is 0 Å². The molecule has 2 N–H and O–H groups in total. The molecule has 0 aliphatic heterocycles. The fourth-order valence-corrected chi connectivity index (χ4v) is 2.08. The second kappa shape index (κ2) is 6.04. The third-order valence-electron chi connectivity index (χ3n) is 3.58. The molecule has 0 bridgehead atoms. The van der Waals surface area contributed by atoms with Crippen LogP contribution in [0.1, 0.15) is 36.7 Å². The average Bonchev–Trinajstić information content (AvgIpc) is 2.95. The van der Waals surface area contributed by atoms with Crippen LogP contribution in [0.5, 0.6) is 0 Å². The molecule has 1 aromatic carbocycles. The lowest BCUT2D eigenvalue weighted by Gasteiger charge is -2.26. The summed E-state index contributed by atoms with van der Waals surface area (Å²) >= 11 is 0. The molecule has 6 nitrogen and oxygen atoms in total. The molecule has 1 heterocycles. The number of nitrogens with zero attached hydrogens (tertiary/aromatic N) is 3. The van der Waals surface area contributed by atoms with Gasteiger partial charge < -0.3 is 15.0 Å². The van der Waals surface area contributed by atoms with E-state index in [1.165, 1.54) is 6.42 Å². The molecule has 108 valence electrons. The van der Waals surface area contributed by atoms with E-state index in [2.05, 4.69) is 16.2 Å². The van der Waals surface area contributed by atoms with Crippen LogP contribution in [0, 0.1) is 11.3 Å². The molecule has 6 heteroatoms. The van der Waals surface area contributed by atoms with E-state index < -0.39 is 6.04 Å². The molecule has 0 amide bonds. The minimum absolute atomic E-state index is 0.328. The molecule has 2 aromatic rings. The van der Waals surface area contributed by atoms with Crippen molar-refractivity contribution in [2.24, 2.45) is 5.73 Å². The summed E-state index contributed by atoms with van der Waals surface area (Å²) in [4.78, 5) is 4.29. The van der Waals surface area contributed by atoms with Crippen LogP contribution in [0.25, 0.3) is 11.5 Å². The fraction of sp³-hybridized carbons (Fsp3) is 0.400. The number of hydrogen-bond acceptors (Lipinski definition) is 6. The average molecular weight is 284 g/mol. The smallest absolute Gasteiger partial charge is 0.258 e. The lowest BCUT2D eigenvalue weighted by molar-refractivity contribution is -0.00549. The largest absolute Gasteiger partial charge is 0.376 e. The van der Waals surface area contributed by atoms with Gasteiger partial charge in [0.2, 0.25) is 0 Å². The zero-order valence-electron chi connectivity index (χ0n) is 11.5. The van der Waals surface area contributed by atoms with Crippen LogP contribution in [0.2, 0.25) is 0 Å². The van der Waals surface area contributed by atoms with Gasteiger partial charge in [-0.25, -0.2) is 0 Å². The summed E-state index contributed by atoms with van der Waals surface area (Å²) in [5, 5.41) is 12.8. The molecule has 0 saturated heterocycles. The summed E-state index contributed by atoms with van der Waals surface area (Å²) in [6.07, 6.45) is 3.76. The van der Waals surface area contributed by atoms with Gasteiger partial charge in [0.05, 0.1) is 30.4 Å². The molecule has 0 radical (unpaired) electrons. The minimum atomic E-state index is -0.401. The predicted molar refractivity (Wildman–Crippen MR) is 75.0 cm³/mol. The summed E-state index contributed by atoms with van der Waals surface area (Å²) in [5.41, 5.74) is 7.26. The van der Waals surface area contributed by atoms with Gasteiger partial charge in [0.15, 0.2) is 5.82 Å². The van der Waals surface area contributed by atoms with Crippen molar-refractivity contribution < 1.29 is 9.26 Å². The van der Waals surface area contributed by atoms with Crippen molar-refractivity contribution in [3.63, 3.8) is 0 Å². The molecule has 1 saturated carbocycles. The highest BCUT2D eigenvalue weighted by molar-refractivity contribution is 5.55. The first-order valence-electron chi connectivity index (χ1n) is 6.97. The Labute approximate surface area is 122 Å². The van der Waals surface area contributed by atoms with E-state index in [1.807, 2.05) is 6.07 Å². The minimum Gasteiger partial charge on any atom is -0.376 e. The molecule has 1 aliphatic rings. The second-order valence-electron chi connectivity index (χ2n) is 5.14. The van der Waals surface area contributed by atoms with Gasteiger partial charge in [-0.2, -0.15) is 10.2 Å². The van der Waals surface area contributed by atoms with Crippen molar-refractivity contribution in [3.05, 3.63) is 35.7 Å². The summed E-state index contributed by atoms with van der Waals surface area (Å²) in [6.45, 7) is 0.391. The molecule has 1 unspecified atom stereocenters. The fourth-order valence-electron chi connectivity index (χ4n) is 2.08. The number of hydrogen-bond donors (Lipinski definition) is 1. The maximum atomic E-state index is 8.90. The topological polar surface area (TPSA) is 98.0 Å². The molecule has 1 aromatic heterocycles. The Balaban J connectivity index is 1.68. The number of ether oxygens (including phenoxy) is 1. The lowest BCUT2D eigenvalue weighted by Crippen LogP contribution is -2.27. The molecular formula is C15H16N4O2. The molecule has 21 heavy (non-hydrogen) atoms. The Morgan fingerprint density at radius 2 is 2.33 bits per heavy atom. The normalized spacial score (nSPS) is 16.2. The second-order valence-corrected chi connectivity index (χ2v) is 5.14.